The number of ether oxygens (including phenoxy) is 2. The molecule has 2 atom stereocenters. The second kappa shape index (κ2) is 20.0. The Hall–Kier alpha value is -6.04. The fraction of sp³-hybridized carbons (Fsp3) is 0.385. The Kier molecular flexibility index (Phi) is 14.7. The monoisotopic (exact) mass is 769 g/mol. The van der Waals surface area contributed by atoms with Gasteiger partial charge in [0.05, 0.1) is 36.5 Å². The van der Waals surface area contributed by atoms with Crippen molar-refractivity contribution in [2.45, 2.75) is 45.8 Å². The van der Waals surface area contributed by atoms with Crippen LogP contribution in [0.5, 0.6) is 0 Å². The molecular weight excluding hydrogens is 722 g/mol. The minimum atomic E-state index is -1.45. The van der Waals surface area contributed by atoms with E-state index in [1.807, 2.05) is 0 Å². The molecule has 0 bridgehead atoms. The molecule has 1 saturated heterocycles. The fourth-order valence-corrected chi connectivity index (χ4v) is 5.63. The first-order valence-electron chi connectivity index (χ1n) is 18.5. The van der Waals surface area contributed by atoms with E-state index in [9.17, 15) is 28.8 Å². The maximum absolute atomic E-state index is 13.3. The van der Waals surface area contributed by atoms with Crippen LogP contribution in [0.1, 0.15) is 64.7 Å². The third-order valence-corrected chi connectivity index (χ3v) is 8.87. The van der Waals surface area contributed by atoms with E-state index in [-0.39, 0.29) is 53.2 Å². The van der Waals surface area contributed by atoms with E-state index in [0.717, 1.165) is 32.5 Å². The molecule has 1 aliphatic rings. The maximum Gasteiger partial charge on any atom is 0.323 e. The molecule has 56 heavy (non-hydrogen) atoms. The summed E-state index contributed by atoms with van der Waals surface area (Å²) in [4.78, 5) is 83.9. The number of azo groups is 1. The maximum atomic E-state index is 13.3. The number of H-pyrrole nitrogens is 2. The number of ketones is 1. The number of hydrogen-bond acceptors (Lipinski definition) is 11. The molecule has 2 heterocycles. The lowest BCUT2D eigenvalue weighted by atomic mass is 10.1. The second-order valence-corrected chi connectivity index (χ2v) is 13.1. The standard InChI is InChI=1S/C39H47N9O8/c1-4-48(5-2)16-7-6-14-40-35(50)26-18-27(36(51)41-15-17-55-22-31-23-56-31)20-30(19-26)43-37(52)25-8-10-28(11-9-25)46-47-34(24(3)49)38(53)42-29-12-13-32-33(21-29)45-39(54)44-32/h8-13,18-21,31,34H,4-7,14-17,22-23H2,1-3H3,(H,40,50)(H,41,51)(H,42,53)(H,43,52)(H2,44,45,54)/b47-46+. The highest BCUT2D eigenvalue weighted by Crippen LogP contribution is 2.20. The Morgan fingerprint density at radius 3 is 2.16 bits per heavy atom. The van der Waals surface area contributed by atoms with Crippen molar-refractivity contribution in [1.82, 2.24) is 25.5 Å². The minimum absolute atomic E-state index is 0.107. The summed E-state index contributed by atoms with van der Waals surface area (Å²) in [7, 11) is 0. The molecule has 0 saturated carbocycles. The predicted octanol–water partition coefficient (Wildman–Crippen LogP) is 3.79. The van der Waals surface area contributed by atoms with Gasteiger partial charge in [0.2, 0.25) is 6.04 Å². The van der Waals surface area contributed by atoms with Crippen LogP contribution in [-0.4, -0.2) is 109 Å². The van der Waals surface area contributed by atoms with Gasteiger partial charge in [0.1, 0.15) is 6.10 Å². The summed E-state index contributed by atoms with van der Waals surface area (Å²) in [5, 5.41) is 19.1. The van der Waals surface area contributed by atoms with Gasteiger partial charge >= 0.3 is 5.69 Å². The average Bonchev–Trinajstić information content (AvgIpc) is 3.94. The molecule has 17 nitrogen and oxygen atoms in total. The van der Waals surface area contributed by atoms with E-state index in [0.29, 0.717) is 36.5 Å². The van der Waals surface area contributed by atoms with Crippen LogP contribution in [0.15, 0.2) is 75.7 Å². The van der Waals surface area contributed by atoms with Crippen molar-refractivity contribution >= 4 is 57.5 Å². The van der Waals surface area contributed by atoms with E-state index in [1.165, 1.54) is 49.4 Å². The Labute approximate surface area is 323 Å². The number of Topliss-reactive ketones (excluding diaryl/α,β-unsaturated/α-hetero) is 1. The Morgan fingerprint density at radius 1 is 0.821 bits per heavy atom. The highest BCUT2D eigenvalue weighted by Gasteiger charge is 2.24. The molecule has 1 aliphatic heterocycles. The van der Waals surface area contributed by atoms with Crippen LogP contribution >= 0.6 is 0 Å². The van der Waals surface area contributed by atoms with Gasteiger partial charge in [0.25, 0.3) is 23.6 Å². The third kappa shape index (κ3) is 12.2. The summed E-state index contributed by atoms with van der Waals surface area (Å²) >= 11 is 0. The summed E-state index contributed by atoms with van der Waals surface area (Å²) in [5.74, 6) is -2.60. The number of rotatable bonds is 21. The highest BCUT2D eigenvalue weighted by atomic mass is 16.6. The van der Waals surface area contributed by atoms with Gasteiger partial charge in [-0.2, -0.15) is 10.2 Å². The normalized spacial score (nSPS) is 14.1. The van der Waals surface area contributed by atoms with Crippen molar-refractivity contribution < 1.29 is 33.4 Å². The van der Waals surface area contributed by atoms with E-state index >= 15 is 0 Å². The Morgan fingerprint density at radius 2 is 1.50 bits per heavy atom. The van der Waals surface area contributed by atoms with E-state index < -0.39 is 35.2 Å². The van der Waals surface area contributed by atoms with Gasteiger partial charge in [0, 0.05) is 41.2 Å². The van der Waals surface area contributed by atoms with Crippen molar-refractivity contribution in [2.24, 2.45) is 10.2 Å². The van der Waals surface area contributed by atoms with Crippen molar-refractivity contribution in [1.29, 1.82) is 0 Å². The Bertz CT molecular complexity index is 2100. The molecule has 3 aromatic carbocycles. The van der Waals surface area contributed by atoms with Gasteiger partial charge in [-0.25, -0.2) is 4.79 Å². The van der Waals surface area contributed by atoms with E-state index in [4.69, 9.17) is 9.47 Å². The highest BCUT2D eigenvalue weighted by molar-refractivity contribution is 6.10. The molecule has 6 N–H and O–H groups in total. The molecule has 296 valence electrons. The van der Waals surface area contributed by atoms with Crippen LogP contribution in [0.3, 0.4) is 0 Å². The lowest BCUT2D eigenvalue weighted by Gasteiger charge is -2.17. The number of aromatic amines is 2. The first kappa shape index (κ1) is 41.1. The predicted molar refractivity (Wildman–Crippen MR) is 210 cm³/mol. The van der Waals surface area contributed by atoms with Gasteiger partial charge in [0.15, 0.2) is 5.78 Å². The zero-order valence-electron chi connectivity index (χ0n) is 31.6. The number of carbonyl (C=O) groups excluding carboxylic acids is 5. The zero-order chi connectivity index (χ0) is 40.0. The van der Waals surface area contributed by atoms with Gasteiger partial charge in [-0.15, -0.1) is 0 Å². The van der Waals surface area contributed by atoms with Crippen LogP contribution in [0.2, 0.25) is 0 Å². The number of nitrogens with one attached hydrogen (secondary N) is 6. The largest absolute Gasteiger partial charge is 0.377 e. The van der Waals surface area contributed by atoms with Crippen LogP contribution < -0.4 is 27.0 Å². The number of aromatic nitrogens is 2. The van der Waals surface area contributed by atoms with Crippen molar-refractivity contribution in [3.8, 4) is 0 Å². The van der Waals surface area contributed by atoms with Crippen LogP contribution in [0.4, 0.5) is 17.1 Å². The number of epoxide rings is 1. The molecule has 5 rings (SSSR count). The summed E-state index contributed by atoms with van der Waals surface area (Å²) in [6.45, 7) is 10.4. The molecule has 1 aromatic heterocycles. The average molecular weight is 770 g/mol. The molecule has 4 aromatic rings. The first-order valence-corrected chi connectivity index (χ1v) is 18.5. The smallest absolute Gasteiger partial charge is 0.323 e. The molecule has 17 heteroatoms. The number of nitrogens with zero attached hydrogens (tertiary/aromatic N) is 3. The number of hydrogen-bond donors (Lipinski definition) is 6. The van der Waals surface area contributed by atoms with Gasteiger partial charge in [-0.05, 0) is 100 Å². The quantitative estimate of drug-likeness (QED) is 0.0313. The van der Waals surface area contributed by atoms with Crippen LogP contribution in [0, 0.1) is 0 Å². The number of anilines is 2. The lowest BCUT2D eigenvalue weighted by molar-refractivity contribution is -0.126. The summed E-state index contributed by atoms with van der Waals surface area (Å²) < 4.78 is 10.6. The number of unbranched alkanes of at least 4 members (excludes halogenated alkanes) is 1. The topological polar surface area (TPSA) is 232 Å². The van der Waals surface area contributed by atoms with Crippen LogP contribution in [0.25, 0.3) is 11.0 Å². The lowest BCUT2D eigenvalue weighted by Crippen LogP contribution is -2.31. The summed E-state index contributed by atoms with van der Waals surface area (Å²) in [6, 6.07) is 13.7. The van der Waals surface area contributed by atoms with Crippen molar-refractivity contribution in [3.63, 3.8) is 0 Å². The van der Waals surface area contributed by atoms with Gasteiger partial charge in [-0.1, -0.05) is 13.8 Å². The fourth-order valence-electron chi connectivity index (χ4n) is 5.63. The van der Waals surface area contributed by atoms with E-state index in [2.05, 4.69) is 60.2 Å². The van der Waals surface area contributed by atoms with E-state index in [1.54, 1.807) is 18.2 Å². The molecule has 2 unspecified atom stereocenters. The third-order valence-electron chi connectivity index (χ3n) is 8.87. The van der Waals surface area contributed by atoms with Crippen molar-refractivity contribution in [3.05, 3.63) is 87.8 Å². The zero-order valence-corrected chi connectivity index (χ0v) is 31.6. The number of fused-ring (bicyclic) bond motifs is 1. The second-order valence-electron chi connectivity index (χ2n) is 13.1. The van der Waals surface area contributed by atoms with Gasteiger partial charge < -0.3 is 45.6 Å². The molecule has 0 spiro atoms. The molecule has 0 aliphatic carbocycles. The molecule has 1 fully saturated rings. The van der Waals surface area contributed by atoms with Gasteiger partial charge in [-0.3, -0.25) is 24.0 Å². The Balaban J connectivity index is 1.22. The summed E-state index contributed by atoms with van der Waals surface area (Å²) in [5.41, 5.74) is 2.11. The minimum Gasteiger partial charge on any atom is -0.377 e. The number of carbonyl (C=O) groups is 5. The number of benzene rings is 3. The SMILES string of the molecule is CCN(CC)CCCCNC(=O)c1cc(NC(=O)c2ccc(/N=N/C(C(C)=O)C(=O)Nc3ccc4[nH]c(=O)[nH]c4c3)cc2)cc(C(=O)NCCOCC2CO2)c1. The number of imidazole rings is 1. The first-order chi connectivity index (χ1) is 27.0. The summed E-state index contributed by atoms with van der Waals surface area (Å²) in [6.07, 6.45) is 1.81. The molecule has 0 radical (unpaired) electrons. The van der Waals surface area contributed by atoms with Crippen LogP contribution in [-0.2, 0) is 19.1 Å². The number of amides is 4. The van der Waals surface area contributed by atoms with Crippen molar-refractivity contribution in [2.75, 3.05) is 63.2 Å². The molecule has 4 amide bonds. The molecular formula is C39H47N9O8.